The molecule has 0 radical (unpaired) electrons. The van der Waals surface area contributed by atoms with Gasteiger partial charge >= 0.3 is 0 Å². The smallest absolute Gasteiger partial charge is 0.254 e. The number of hydrogen-bond acceptors (Lipinski definition) is 8. The third kappa shape index (κ3) is 4.68. The highest BCUT2D eigenvalue weighted by Crippen LogP contribution is 2.46. The van der Waals surface area contributed by atoms with Crippen LogP contribution in [0.4, 0.5) is 5.69 Å². The van der Waals surface area contributed by atoms with Crippen LogP contribution in [0.25, 0.3) is 0 Å². The number of aromatic nitrogens is 1. The molecule has 0 unspecified atom stereocenters. The quantitative estimate of drug-likeness (QED) is 0.482. The molecule has 0 bridgehead atoms. The molecule has 4 rings (SSSR count). The van der Waals surface area contributed by atoms with Gasteiger partial charge in [-0.3, -0.25) is 23.4 Å². The second kappa shape index (κ2) is 8.25. The molecule has 0 spiro atoms. The SMILES string of the molecule is Cc1cc(C(=O)N2CCC[C@H](COc3cccc4c3C(N)=NS(O)(O)N4)C2)cc(=O)[nH]1. The van der Waals surface area contributed by atoms with Gasteiger partial charge in [0.15, 0.2) is 5.84 Å². The average molecular weight is 448 g/mol. The van der Waals surface area contributed by atoms with Crippen LogP contribution in [0, 0.1) is 12.8 Å². The molecule has 1 amide bonds. The van der Waals surface area contributed by atoms with Gasteiger partial charge in [0, 0.05) is 36.3 Å². The largest absolute Gasteiger partial charge is 0.492 e. The number of H-pyrrole nitrogens is 1. The minimum absolute atomic E-state index is 0.00512. The van der Waals surface area contributed by atoms with Gasteiger partial charge < -0.3 is 20.4 Å². The molecular weight excluding hydrogens is 422 g/mol. The van der Waals surface area contributed by atoms with Gasteiger partial charge in [0.1, 0.15) is 5.75 Å². The van der Waals surface area contributed by atoms with Crippen molar-refractivity contribution in [2.45, 2.75) is 19.8 Å². The predicted octanol–water partition coefficient (Wildman–Crippen LogP) is 2.33. The number of nitrogens with one attached hydrogen (secondary N) is 2. The van der Waals surface area contributed by atoms with Crippen molar-refractivity contribution in [1.29, 1.82) is 0 Å². The number of piperidine rings is 1. The highest BCUT2D eigenvalue weighted by molar-refractivity contribution is 8.24. The van der Waals surface area contributed by atoms with E-state index in [1.54, 1.807) is 36.1 Å². The minimum Gasteiger partial charge on any atom is -0.492 e. The lowest BCUT2D eigenvalue weighted by Crippen LogP contribution is -2.42. The summed E-state index contributed by atoms with van der Waals surface area (Å²) in [5.41, 5.74) is 7.59. The van der Waals surface area contributed by atoms with Gasteiger partial charge in [0.2, 0.25) is 5.56 Å². The van der Waals surface area contributed by atoms with Gasteiger partial charge in [0.05, 0.1) is 17.9 Å². The fourth-order valence-corrected chi connectivity index (χ4v) is 4.81. The Morgan fingerprint density at radius 1 is 1.39 bits per heavy atom. The van der Waals surface area contributed by atoms with Crippen LogP contribution in [-0.2, 0) is 0 Å². The molecular formula is C20H25N5O5S. The van der Waals surface area contributed by atoms with Crippen LogP contribution in [-0.4, -0.2) is 50.4 Å². The molecule has 166 valence electrons. The van der Waals surface area contributed by atoms with E-state index in [-0.39, 0.29) is 23.2 Å². The molecule has 3 heterocycles. The van der Waals surface area contributed by atoms with Crippen LogP contribution < -0.4 is 20.8 Å². The van der Waals surface area contributed by atoms with Crippen LogP contribution in [0.1, 0.15) is 34.5 Å². The van der Waals surface area contributed by atoms with Crippen LogP contribution in [0.5, 0.6) is 5.75 Å². The lowest BCUT2D eigenvalue weighted by atomic mass is 9.98. The molecule has 10 nitrogen and oxygen atoms in total. The number of ether oxygens (including phenoxy) is 1. The molecule has 2 aliphatic heterocycles. The van der Waals surface area contributed by atoms with Gasteiger partial charge in [-0.2, -0.15) is 0 Å². The summed E-state index contributed by atoms with van der Waals surface area (Å²) in [5, 5.41) is 0. The first kappa shape index (κ1) is 21.2. The molecule has 11 heteroatoms. The Kier molecular flexibility index (Phi) is 5.65. The maximum Gasteiger partial charge on any atom is 0.254 e. The van der Waals surface area contributed by atoms with Gasteiger partial charge in [-0.25, -0.2) is 0 Å². The number of carbonyl (C=O) groups is 1. The Morgan fingerprint density at radius 3 is 2.97 bits per heavy atom. The summed E-state index contributed by atoms with van der Waals surface area (Å²) in [7, 11) is -3.36. The van der Waals surface area contributed by atoms with E-state index in [4.69, 9.17) is 10.5 Å². The van der Waals surface area contributed by atoms with Crippen LogP contribution in [0.2, 0.25) is 0 Å². The van der Waals surface area contributed by atoms with Crippen molar-refractivity contribution in [2.24, 2.45) is 16.0 Å². The van der Waals surface area contributed by atoms with Crippen molar-refractivity contribution in [3.05, 3.63) is 57.5 Å². The van der Waals surface area contributed by atoms with E-state index in [9.17, 15) is 18.7 Å². The number of pyridine rings is 1. The second-order valence-corrected chi connectivity index (χ2v) is 9.19. The maximum atomic E-state index is 12.9. The molecule has 1 fully saturated rings. The summed E-state index contributed by atoms with van der Waals surface area (Å²) in [6.45, 7) is 3.25. The summed E-state index contributed by atoms with van der Waals surface area (Å²) in [6, 6.07) is 8.14. The van der Waals surface area contributed by atoms with Crippen LogP contribution in [0.3, 0.4) is 0 Å². The summed E-state index contributed by atoms with van der Waals surface area (Å²) < 4.78 is 31.9. The summed E-state index contributed by atoms with van der Waals surface area (Å²) >= 11 is 0. The van der Waals surface area contributed by atoms with Crippen molar-refractivity contribution in [3.63, 3.8) is 0 Å². The molecule has 1 aromatic heterocycles. The first-order chi connectivity index (χ1) is 14.7. The van der Waals surface area contributed by atoms with E-state index in [1.165, 1.54) is 6.07 Å². The molecule has 2 aromatic rings. The van der Waals surface area contributed by atoms with Gasteiger partial charge in [0.25, 0.3) is 5.91 Å². The number of amides is 1. The minimum atomic E-state index is -3.36. The normalized spacial score (nSPS) is 20.8. The fourth-order valence-electron chi connectivity index (χ4n) is 3.94. The van der Waals surface area contributed by atoms with E-state index in [2.05, 4.69) is 14.1 Å². The molecule has 31 heavy (non-hydrogen) atoms. The zero-order valence-corrected chi connectivity index (χ0v) is 17.8. The van der Waals surface area contributed by atoms with E-state index in [0.29, 0.717) is 48.0 Å². The van der Waals surface area contributed by atoms with E-state index in [0.717, 1.165) is 12.8 Å². The maximum absolute atomic E-state index is 12.9. The fraction of sp³-hybridized carbons (Fsp3) is 0.350. The first-order valence-electron chi connectivity index (χ1n) is 9.89. The number of amidine groups is 1. The van der Waals surface area contributed by atoms with E-state index in [1.807, 2.05) is 0 Å². The topological polar surface area (TPSA) is 153 Å². The zero-order chi connectivity index (χ0) is 22.2. The number of aryl methyl sites for hydroxylation is 1. The van der Waals surface area contributed by atoms with Crippen molar-refractivity contribution in [1.82, 2.24) is 9.88 Å². The number of likely N-dealkylation sites (tertiary alicyclic amines) is 1. The van der Waals surface area contributed by atoms with Gasteiger partial charge in [-0.1, -0.05) is 6.07 Å². The molecule has 1 atom stereocenters. The monoisotopic (exact) mass is 447 g/mol. The molecule has 0 aliphatic carbocycles. The summed E-state index contributed by atoms with van der Waals surface area (Å²) in [4.78, 5) is 29.0. The Labute approximate surface area is 180 Å². The number of carbonyl (C=O) groups excluding carboxylic acids is 1. The summed E-state index contributed by atoms with van der Waals surface area (Å²) in [6.07, 6.45) is 1.73. The van der Waals surface area contributed by atoms with Gasteiger partial charge in [-0.05, 0) is 48.9 Å². The molecule has 0 saturated carbocycles. The highest BCUT2D eigenvalue weighted by atomic mass is 32.3. The lowest BCUT2D eigenvalue weighted by molar-refractivity contribution is 0.0633. The van der Waals surface area contributed by atoms with Crippen molar-refractivity contribution in [3.8, 4) is 5.75 Å². The zero-order valence-electron chi connectivity index (χ0n) is 17.0. The number of hydrogen-bond donors (Lipinski definition) is 5. The third-order valence-corrected chi connectivity index (χ3v) is 6.21. The second-order valence-electron chi connectivity index (χ2n) is 7.76. The highest BCUT2D eigenvalue weighted by Gasteiger charge is 2.28. The van der Waals surface area contributed by atoms with Crippen LogP contribution in [0.15, 0.2) is 39.5 Å². The Bertz CT molecular complexity index is 1100. The third-order valence-electron chi connectivity index (χ3n) is 5.26. The Morgan fingerprint density at radius 2 is 2.19 bits per heavy atom. The molecule has 1 aromatic carbocycles. The number of aromatic amines is 1. The van der Waals surface area contributed by atoms with Gasteiger partial charge in [-0.15, -0.1) is 4.40 Å². The van der Waals surface area contributed by atoms with Crippen molar-refractivity contribution < 1.29 is 18.6 Å². The number of benzene rings is 1. The number of nitrogens with two attached hydrogens (primary N) is 1. The summed E-state index contributed by atoms with van der Waals surface area (Å²) in [5.74, 6) is 0.415. The van der Waals surface area contributed by atoms with Crippen molar-refractivity contribution in [2.75, 3.05) is 24.4 Å². The van der Waals surface area contributed by atoms with E-state index < -0.39 is 11.0 Å². The Balaban J connectivity index is 1.45. The lowest BCUT2D eigenvalue weighted by Gasteiger charge is -2.34. The van der Waals surface area contributed by atoms with Crippen molar-refractivity contribution >= 4 is 28.4 Å². The number of anilines is 1. The Hall–Kier alpha value is -3.02. The first-order valence-corrected chi connectivity index (χ1v) is 11.4. The average Bonchev–Trinajstić information content (AvgIpc) is 2.70. The number of nitrogens with zero attached hydrogens (tertiary/aromatic N) is 2. The number of fused-ring (bicyclic) bond motifs is 1. The predicted molar refractivity (Wildman–Crippen MR) is 120 cm³/mol. The molecule has 1 saturated heterocycles. The van der Waals surface area contributed by atoms with E-state index >= 15 is 0 Å². The molecule has 6 N–H and O–H groups in total. The molecule has 2 aliphatic rings. The standard InChI is InChI=1S/C20H25N5O5S/c1-12-8-14(9-17(26)22-12)20(27)25-7-3-4-13(10-25)11-30-16-6-2-5-15-18(16)19(21)24-31(28,29)23-15/h2,5-6,8-9,13,23,28-29H,3-4,7,10-11H2,1H3,(H2,21,24)(H,22,26)/t13-/m0/s1. The van der Waals surface area contributed by atoms with Crippen LogP contribution >= 0.6 is 11.0 Å². The number of rotatable bonds is 4.